The van der Waals surface area contributed by atoms with Gasteiger partial charge in [-0.1, -0.05) is 12.1 Å². The SMILES string of the molecule is COc1ccc([C@H]2CC(=O)N(Cc3c(F)cccc3F)C2)cc1OC1CCCC1. The predicted octanol–water partition coefficient (Wildman–Crippen LogP) is 4.81. The molecule has 2 aromatic rings. The first-order chi connectivity index (χ1) is 14.0. The van der Waals surface area contributed by atoms with E-state index in [2.05, 4.69) is 0 Å². The fraction of sp³-hybridized carbons (Fsp3) is 0.435. The van der Waals surface area contributed by atoms with Crippen LogP contribution in [0.15, 0.2) is 36.4 Å². The summed E-state index contributed by atoms with van der Waals surface area (Å²) in [5.41, 5.74) is 0.908. The summed E-state index contributed by atoms with van der Waals surface area (Å²) in [6, 6.07) is 9.50. The van der Waals surface area contributed by atoms with Crippen molar-refractivity contribution in [3.05, 3.63) is 59.2 Å². The number of methoxy groups -OCH3 is 1. The fourth-order valence-electron chi connectivity index (χ4n) is 4.25. The molecule has 0 spiro atoms. The van der Waals surface area contributed by atoms with E-state index < -0.39 is 11.6 Å². The Balaban J connectivity index is 1.51. The zero-order chi connectivity index (χ0) is 20.4. The van der Waals surface area contributed by atoms with Crippen molar-refractivity contribution in [1.82, 2.24) is 4.90 Å². The molecule has 1 atom stereocenters. The van der Waals surface area contributed by atoms with E-state index in [1.165, 1.54) is 35.9 Å². The smallest absolute Gasteiger partial charge is 0.223 e. The summed E-state index contributed by atoms with van der Waals surface area (Å²) in [4.78, 5) is 14.0. The lowest BCUT2D eigenvalue weighted by Gasteiger charge is -2.19. The van der Waals surface area contributed by atoms with E-state index in [4.69, 9.17) is 9.47 Å². The highest BCUT2D eigenvalue weighted by atomic mass is 19.1. The van der Waals surface area contributed by atoms with E-state index in [0.29, 0.717) is 24.5 Å². The van der Waals surface area contributed by atoms with Crippen molar-refractivity contribution in [2.75, 3.05) is 13.7 Å². The second kappa shape index (κ2) is 8.39. The molecular weight excluding hydrogens is 376 g/mol. The first kappa shape index (κ1) is 19.7. The highest BCUT2D eigenvalue weighted by molar-refractivity contribution is 5.80. The van der Waals surface area contributed by atoms with Gasteiger partial charge < -0.3 is 14.4 Å². The van der Waals surface area contributed by atoms with Crippen molar-refractivity contribution in [2.24, 2.45) is 0 Å². The van der Waals surface area contributed by atoms with Crippen molar-refractivity contribution >= 4 is 5.91 Å². The molecular formula is C23H25F2NO3. The van der Waals surface area contributed by atoms with Crippen LogP contribution in [0.2, 0.25) is 0 Å². The quantitative estimate of drug-likeness (QED) is 0.697. The number of ether oxygens (including phenoxy) is 2. The monoisotopic (exact) mass is 401 g/mol. The second-order valence-electron chi connectivity index (χ2n) is 7.81. The minimum absolute atomic E-state index is 0.0471. The van der Waals surface area contributed by atoms with Crippen LogP contribution >= 0.6 is 0 Å². The molecule has 1 aliphatic carbocycles. The molecule has 1 saturated carbocycles. The number of benzene rings is 2. The van der Waals surface area contributed by atoms with Crippen LogP contribution in [-0.4, -0.2) is 30.6 Å². The Morgan fingerprint density at radius 1 is 1.07 bits per heavy atom. The molecule has 0 unspecified atom stereocenters. The van der Waals surface area contributed by atoms with Gasteiger partial charge in [-0.15, -0.1) is 0 Å². The number of likely N-dealkylation sites (tertiary alicyclic amines) is 1. The first-order valence-electron chi connectivity index (χ1n) is 10.1. The Morgan fingerprint density at radius 3 is 2.48 bits per heavy atom. The van der Waals surface area contributed by atoms with E-state index in [-0.39, 0.29) is 30.0 Å². The maximum Gasteiger partial charge on any atom is 0.223 e. The molecule has 0 bridgehead atoms. The molecule has 1 aliphatic heterocycles. The van der Waals surface area contributed by atoms with Crippen molar-refractivity contribution in [3.8, 4) is 11.5 Å². The van der Waals surface area contributed by atoms with Crippen LogP contribution in [0.4, 0.5) is 8.78 Å². The summed E-state index contributed by atoms with van der Waals surface area (Å²) in [5, 5.41) is 0. The van der Waals surface area contributed by atoms with Crippen molar-refractivity contribution < 1.29 is 23.0 Å². The molecule has 0 aromatic heterocycles. The Labute approximate surface area is 169 Å². The minimum Gasteiger partial charge on any atom is -0.493 e. The summed E-state index contributed by atoms with van der Waals surface area (Å²) in [5.74, 6) is -0.0324. The molecule has 2 aliphatic rings. The van der Waals surface area contributed by atoms with Gasteiger partial charge >= 0.3 is 0 Å². The molecule has 1 heterocycles. The highest BCUT2D eigenvalue weighted by Crippen LogP contribution is 2.37. The van der Waals surface area contributed by atoms with E-state index in [9.17, 15) is 13.6 Å². The summed E-state index contributed by atoms with van der Waals surface area (Å²) in [6.07, 6.45) is 4.93. The molecule has 2 aromatic carbocycles. The largest absolute Gasteiger partial charge is 0.493 e. The minimum atomic E-state index is -0.627. The third-order valence-electron chi connectivity index (χ3n) is 5.88. The Kier molecular flexibility index (Phi) is 5.69. The lowest BCUT2D eigenvalue weighted by atomic mass is 9.98. The van der Waals surface area contributed by atoms with E-state index >= 15 is 0 Å². The zero-order valence-corrected chi connectivity index (χ0v) is 16.5. The molecule has 6 heteroatoms. The van der Waals surface area contributed by atoms with Gasteiger partial charge in [-0.05, 0) is 55.5 Å². The van der Waals surface area contributed by atoms with Gasteiger partial charge in [-0.3, -0.25) is 4.79 Å². The molecule has 4 nitrogen and oxygen atoms in total. The Morgan fingerprint density at radius 2 is 1.79 bits per heavy atom. The van der Waals surface area contributed by atoms with Crippen LogP contribution in [0.3, 0.4) is 0 Å². The van der Waals surface area contributed by atoms with Gasteiger partial charge in [0.15, 0.2) is 11.5 Å². The van der Waals surface area contributed by atoms with Crippen molar-refractivity contribution in [1.29, 1.82) is 0 Å². The molecule has 1 saturated heterocycles. The summed E-state index contributed by atoms with van der Waals surface area (Å²) in [6.45, 7) is 0.358. The van der Waals surface area contributed by atoms with Crippen LogP contribution in [-0.2, 0) is 11.3 Å². The van der Waals surface area contributed by atoms with Gasteiger partial charge in [0.1, 0.15) is 11.6 Å². The van der Waals surface area contributed by atoms with Crippen LogP contribution < -0.4 is 9.47 Å². The number of amides is 1. The fourth-order valence-corrected chi connectivity index (χ4v) is 4.25. The van der Waals surface area contributed by atoms with E-state index in [1.807, 2.05) is 18.2 Å². The number of rotatable bonds is 6. The molecule has 4 rings (SSSR count). The van der Waals surface area contributed by atoms with Crippen LogP contribution in [0.5, 0.6) is 11.5 Å². The maximum absolute atomic E-state index is 14.0. The molecule has 2 fully saturated rings. The lowest BCUT2D eigenvalue weighted by molar-refractivity contribution is -0.128. The van der Waals surface area contributed by atoms with Gasteiger partial charge in [0, 0.05) is 24.4 Å². The summed E-state index contributed by atoms with van der Waals surface area (Å²) >= 11 is 0. The number of carbonyl (C=O) groups excluding carboxylic acids is 1. The highest BCUT2D eigenvalue weighted by Gasteiger charge is 2.32. The van der Waals surface area contributed by atoms with Gasteiger partial charge in [0.2, 0.25) is 5.91 Å². The third-order valence-corrected chi connectivity index (χ3v) is 5.88. The van der Waals surface area contributed by atoms with Crippen LogP contribution in [0, 0.1) is 11.6 Å². The lowest BCUT2D eigenvalue weighted by Crippen LogP contribution is -2.25. The number of hydrogen-bond donors (Lipinski definition) is 0. The van der Waals surface area contributed by atoms with Crippen LogP contribution in [0.1, 0.15) is 49.1 Å². The summed E-state index contributed by atoms with van der Waals surface area (Å²) < 4.78 is 39.5. The molecule has 1 amide bonds. The molecule has 0 N–H and O–H groups in total. The number of halogens is 2. The van der Waals surface area contributed by atoms with E-state index in [1.54, 1.807) is 7.11 Å². The molecule has 0 radical (unpaired) electrons. The topological polar surface area (TPSA) is 38.8 Å². The second-order valence-corrected chi connectivity index (χ2v) is 7.81. The van der Waals surface area contributed by atoms with Gasteiger partial charge in [0.25, 0.3) is 0 Å². The predicted molar refractivity (Wildman–Crippen MR) is 105 cm³/mol. The first-order valence-corrected chi connectivity index (χ1v) is 10.1. The zero-order valence-electron chi connectivity index (χ0n) is 16.5. The van der Waals surface area contributed by atoms with Crippen molar-refractivity contribution in [3.63, 3.8) is 0 Å². The average Bonchev–Trinajstić information content (AvgIpc) is 3.34. The standard InChI is InChI=1S/C23H25F2NO3/c1-28-21-10-9-15(11-22(21)29-17-5-2-3-6-17)16-12-23(27)26(13-16)14-18-19(24)7-4-8-20(18)25/h4,7-11,16-17H,2-3,5-6,12-14H2,1H3/t16-/m0/s1. The summed E-state index contributed by atoms with van der Waals surface area (Å²) in [7, 11) is 1.61. The number of nitrogens with zero attached hydrogens (tertiary/aromatic N) is 1. The van der Waals surface area contributed by atoms with Crippen LogP contribution in [0.25, 0.3) is 0 Å². The van der Waals surface area contributed by atoms with E-state index in [0.717, 1.165) is 18.4 Å². The normalized spacial score (nSPS) is 19.8. The van der Waals surface area contributed by atoms with Gasteiger partial charge in [-0.25, -0.2) is 8.78 Å². The number of hydrogen-bond acceptors (Lipinski definition) is 3. The Bertz CT molecular complexity index is 875. The maximum atomic E-state index is 14.0. The Hall–Kier alpha value is -2.63. The molecule has 154 valence electrons. The van der Waals surface area contributed by atoms with Crippen molar-refractivity contribution in [2.45, 2.75) is 50.7 Å². The number of carbonyl (C=O) groups is 1. The molecule has 29 heavy (non-hydrogen) atoms. The average molecular weight is 401 g/mol. The van der Waals surface area contributed by atoms with Gasteiger partial charge in [-0.2, -0.15) is 0 Å². The van der Waals surface area contributed by atoms with Gasteiger partial charge in [0.05, 0.1) is 19.8 Å². The third kappa shape index (κ3) is 4.21.